The van der Waals surface area contributed by atoms with E-state index in [1.54, 1.807) is 0 Å². The summed E-state index contributed by atoms with van der Waals surface area (Å²) in [4.78, 5) is 23.7. The third-order valence-corrected chi connectivity index (χ3v) is 2.67. The summed E-state index contributed by atoms with van der Waals surface area (Å²) in [5, 5.41) is 3.93. The van der Waals surface area contributed by atoms with Crippen molar-refractivity contribution in [1.29, 1.82) is 0 Å². The summed E-state index contributed by atoms with van der Waals surface area (Å²) in [6.07, 6.45) is 1.33. The lowest BCUT2D eigenvalue weighted by Gasteiger charge is -2.09. The number of rotatable bonds is 4. The van der Waals surface area contributed by atoms with Gasteiger partial charge in [0.25, 0.3) is 11.5 Å². The Hall–Kier alpha value is -2.54. The second-order valence-electron chi connectivity index (χ2n) is 4.04. The molecule has 0 bridgehead atoms. The zero-order chi connectivity index (χ0) is 14.7. The number of nitrogens with two attached hydrogens (primary N) is 1. The van der Waals surface area contributed by atoms with Crippen LogP contribution in [0, 0.1) is 5.82 Å². The van der Waals surface area contributed by atoms with E-state index in [2.05, 4.69) is 5.10 Å². The van der Waals surface area contributed by atoms with Gasteiger partial charge >= 0.3 is 0 Å². The van der Waals surface area contributed by atoms with Gasteiger partial charge in [-0.1, -0.05) is 0 Å². The Balaban J connectivity index is 2.62. The highest BCUT2D eigenvalue weighted by molar-refractivity contribution is 5.93. The van der Waals surface area contributed by atoms with Crippen LogP contribution in [0.4, 0.5) is 4.39 Å². The third-order valence-electron chi connectivity index (χ3n) is 2.67. The molecule has 2 rings (SSSR count). The van der Waals surface area contributed by atoms with E-state index in [0.29, 0.717) is 11.3 Å². The summed E-state index contributed by atoms with van der Waals surface area (Å²) in [5.41, 5.74) is 5.01. The SMILES string of the molecule is COCc1cnn(-c2ccc(F)cc2)c(=O)c1C(N)=O. The molecule has 1 aromatic carbocycles. The minimum atomic E-state index is -0.861. The quantitative estimate of drug-likeness (QED) is 0.887. The number of ether oxygens (including phenoxy) is 1. The van der Waals surface area contributed by atoms with E-state index in [1.807, 2.05) is 0 Å². The largest absolute Gasteiger partial charge is 0.380 e. The predicted octanol–water partition coefficient (Wildman–Crippen LogP) is 0.617. The molecule has 0 unspecified atom stereocenters. The van der Waals surface area contributed by atoms with Crippen LogP contribution < -0.4 is 11.3 Å². The molecule has 1 heterocycles. The maximum atomic E-state index is 12.9. The summed E-state index contributed by atoms with van der Waals surface area (Å²) in [6.45, 7) is 0.0464. The van der Waals surface area contributed by atoms with Gasteiger partial charge in [-0.25, -0.2) is 4.39 Å². The maximum absolute atomic E-state index is 12.9. The van der Waals surface area contributed by atoms with Crippen molar-refractivity contribution < 1.29 is 13.9 Å². The van der Waals surface area contributed by atoms with Gasteiger partial charge in [0.2, 0.25) is 0 Å². The standard InChI is InChI=1S/C13H12FN3O3/c1-20-7-8-6-16-17(13(19)11(8)12(15)18)10-4-2-9(14)3-5-10/h2-6H,7H2,1H3,(H2,15,18). The lowest BCUT2D eigenvalue weighted by atomic mass is 10.1. The maximum Gasteiger partial charge on any atom is 0.284 e. The number of primary amides is 1. The summed E-state index contributed by atoms with van der Waals surface area (Å²) >= 11 is 0. The Kier molecular flexibility index (Phi) is 3.90. The van der Waals surface area contributed by atoms with Gasteiger partial charge in [0, 0.05) is 12.7 Å². The van der Waals surface area contributed by atoms with Crippen LogP contribution in [0.1, 0.15) is 15.9 Å². The van der Waals surface area contributed by atoms with Gasteiger partial charge in [0.1, 0.15) is 11.4 Å². The van der Waals surface area contributed by atoms with Gasteiger partial charge in [0.15, 0.2) is 0 Å². The van der Waals surface area contributed by atoms with E-state index in [1.165, 1.54) is 37.6 Å². The number of methoxy groups -OCH3 is 1. The highest BCUT2D eigenvalue weighted by atomic mass is 19.1. The molecular weight excluding hydrogens is 265 g/mol. The number of carbonyl (C=O) groups excluding carboxylic acids is 1. The number of aromatic nitrogens is 2. The average Bonchev–Trinajstić information content (AvgIpc) is 2.40. The molecule has 2 N–H and O–H groups in total. The molecule has 0 saturated heterocycles. The van der Waals surface area contributed by atoms with Gasteiger partial charge in [-0.3, -0.25) is 9.59 Å². The van der Waals surface area contributed by atoms with Crippen LogP contribution in [0.2, 0.25) is 0 Å². The van der Waals surface area contributed by atoms with Gasteiger partial charge in [-0.15, -0.1) is 0 Å². The molecular formula is C13H12FN3O3. The lowest BCUT2D eigenvalue weighted by Crippen LogP contribution is -2.32. The fourth-order valence-electron chi connectivity index (χ4n) is 1.78. The van der Waals surface area contributed by atoms with Crippen LogP contribution >= 0.6 is 0 Å². The monoisotopic (exact) mass is 277 g/mol. The van der Waals surface area contributed by atoms with Crippen LogP contribution in [-0.2, 0) is 11.3 Å². The molecule has 6 nitrogen and oxygen atoms in total. The van der Waals surface area contributed by atoms with Crippen LogP contribution in [0.25, 0.3) is 5.69 Å². The number of halogens is 1. The fraction of sp³-hybridized carbons (Fsp3) is 0.154. The Bertz CT molecular complexity index is 695. The molecule has 104 valence electrons. The normalized spacial score (nSPS) is 10.5. The summed E-state index contributed by atoms with van der Waals surface area (Å²) in [7, 11) is 1.43. The zero-order valence-electron chi connectivity index (χ0n) is 10.7. The number of amides is 1. The number of hydrogen-bond acceptors (Lipinski definition) is 4. The molecule has 0 saturated carbocycles. The summed E-state index contributed by atoms with van der Waals surface area (Å²) in [6, 6.07) is 5.14. The van der Waals surface area contributed by atoms with E-state index in [-0.39, 0.29) is 12.2 Å². The summed E-state index contributed by atoms with van der Waals surface area (Å²) in [5.74, 6) is -1.30. The smallest absolute Gasteiger partial charge is 0.284 e. The number of nitrogens with zero attached hydrogens (tertiary/aromatic N) is 2. The first-order valence-corrected chi connectivity index (χ1v) is 5.70. The van der Waals surface area contributed by atoms with Crippen molar-refractivity contribution in [3.8, 4) is 5.69 Å². The predicted molar refractivity (Wildman–Crippen MR) is 69.0 cm³/mol. The number of carbonyl (C=O) groups is 1. The Labute approximate surface area is 113 Å². The van der Waals surface area contributed by atoms with Gasteiger partial charge in [0.05, 0.1) is 18.5 Å². The van der Waals surface area contributed by atoms with Crippen molar-refractivity contribution in [2.45, 2.75) is 6.61 Å². The number of benzene rings is 1. The van der Waals surface area contributed by atoms with E-state index >= 15 is 0 Å². The van der Waals surface area contributed by atoms with Crippen molar-refractivity contribution in [2.75, 3.05) is 7.11 Å². The van der Waals surface area contributed by atoms with E-state index in [4.69, 9.17) is 10.5 Å². The Morgan fingerprint density at radius 1 is 1.40 bits per heavy atom. The molecule has 1 aromatic heterocycles. The molecule has 20 heavy (non-hydrogen) atoms. The van der Waals surface area contributed by atoms with Crippen molar-refractivity contribution in [2.24, 2.45) is 5.73 Å². The Morgan fingerprint density at radius 2 is 2.05 bits per heavy atom. The van der Waals surface area contributed by atoms with Gasteiger partial charge in [-0.05, 0) is 24.3 Å². The van der Waals surface area contributed by atoms with E-state index in [9.17, 15) is 14.0 Å². The lowest BCUT2D eigenvalue weighted by molar-refractivity contribution is 0.0993. The van der Waals surface area contributed by atoms with Crippen LogP contribution in [0.3, 0.4) is 0 Å². The average molecular weight is 277 g/mol. The second kappa shape index (κ2) is 5.62. The van der Waals surface area contributed by atoms with Crippen molar-refractivity contribution in [3.05, 3.63) is 57.8 Å². The minimum absolute atomic E-state index is 0.0464. The molecule has 0 aliphatic carbocycles. The van der Waals surface area contributed by atoms with Crippen LogP contribution in [0.5, 0.6) is 0 Å². The van der Waals surface area contributed by atoms with Crippen LogP contribution in [-0.4, -0.2) is 22.8 Å². The highest BCUT2D eigenvalue weighted by Crippen LogP contribution is 2.08. The molecule has 0 spiro atoms. The highest BCUT2D eigenvalue weighted by Gasteiger charge is 2.17. The number of hydrogen-bond donors (Lipinski definition) is 1. The molecule has 1 amide bonds. The second-order valence-corrected chi connectivity index (χ2v) is 4.04. The van der Waals surface area contributed by atoms with Crippen molar-refractivity contribution in [3.63, 3.8) is 0 Å². The first-order chi connectivity index (χ1) is 9.54. The molecule has 0 atom stereocenters. The van der Waals surface area contributed by atoms with E-state index in [0.717, 1.165) is 4.68 Å². The first kappa shape index (κ1) is 13.9. The van der Waals surface area contributed by atoms with Gasteiger partial charge in [-0.2, -0.15) is 9.78 Å². The van der Waals surface area contributed by atoms with Gasteiger partial charge < -0.3 is 10.5 Å². The van der Waals surface area contributed by atoms with Crippen molar-refractivity contribution >= 4 is 5.91 Å². The topological polar surface area (TPSA) is 87.2 Å². The molecule has 7 heteroatoms. The minimum Gasteiger partial charge on any atom is -0.380 e. The van der Waals surface area contributed by atoms with E-state index < -0.39 is 17.3 Å². The fourth-order valence-corrected chi connectivity index (χ4v) is 1.78. The molecule has 2 aromatic rings. The summed E-state index contributed by atoms with van der Waals surface area (Å²) < 4.78 is 18.8. The van der Waals surface area contributed by atoms with Crippen LogP contribution in [0.15, 0.2) is 35.3 Å². The molecule has 0 aliphatic rings. The zero-order valence-corrected chi connectivity index (χ0v) is 10.7. The third kappa shape index (κ3) is 2.57. The Morgan fingerprint density at radius 3 is 2.60 bits per heavy atom. The van der Waals surface area contributed by atoms with Crippen molar-refractivity contribution in [1.82, 2.24) is 9.78 Å². The molecule has 0 radical (unpaired) electrons. The molecule has 0 fully saturated rings. The first-order valence-electron chi connectivity index (χ1n) is 5.70. The molecule has 0 aliphatic heterocycles.